The minimum atomic E-state index is -6.75. The Morgan fingerprint density at radius 3 is 2.05 bits per heavy atom. The topological polar surface area (TPSA) is 80.5 Å². The van der Waals surface area contributed by atoms with E-state index in [1.54, 1.807) is 0 Å². The Kier molecular flexibility index (Phi) is 27.5. The summed E-state index contributed by atoms with van der Waals surface area (Å²) in [7, 11) is 8.19. The lowest BCUT2D eigenvalue weighted by atomic mass is 9.55. The molecule has 0 aromatic heterocycles. The quantitative estimate of drug-likeness (QED) is 0.0240. The van der Waals surface area contributed by atoms with Gasteiger partial charge in [0.25, 0.3) is 8.53 Å². The number of unbranched alkanes of at least 4 members (excludes halogenated alkanes) is 1. The fourth-order valence-electron chi connectivity index (χ4n) is 10.9. The molecule has 3 aliphatic rings. The highest BCUT2D eigenvalue weighted by Crippen LogP contribution is 2.62. The second kappa shape index (κ2) is 32.1. The lowest BCUT2D eigenvalue weighted by Gasteiger charge is -2.50. The van der Waals surface area contributed by atoms with Crippen LogP contribution < -0.4 is 4.74 Å². The molecule has 0 bridgehead atoms. The van der Waals surface area contributed by atoms with Gasteiger partial charge in [0.1, 0.15) is 19.0 Å². The maximum atomic E-state index is 13.3. The number of alkyl halides is 9. The molecule has 4 rings (SSSR count). The van der Waals surface area contributed by atoms with Gasteiger partial charge in [-0.15, -0.1) is 0 Å². The van der Waals surface area contributed by atoms with Gasteiger partial charge in [-0.1, -0.05) is 47.9 Å². The standard InChI is InChI=1S/C51H82F9N4O5PS2.CH4O/c1-37(2)64(38(3)4)70(68-31-24-61-7)69-36-39(5)15-10-11-25-62(8)26-12-33-71-72-34-13-27-63(9)28-32-65-41-17-19-42-40(35-41)16-18-44-43(42)22-23-47(6)45(44)20-21-46(47)66-29-14-30-67-48(49(52,53)54,50(55,56)57)51(58,59)60;1-2/h17,19,35,37-39,43-46H,10-16,18,20-34,36H2,1-6,8-9H3;2H,1H3/t39?,43-,44-,45+,46+,47+,70?;/m1./s1/i5D;2T. The zero-order chi connectivity index (χ0) is 56.7. The van der Waals surface area contributed by atoms with Crippen molar-refractivity contribution in [3.05, 3.63) is 40.7 Å². The highest BCUT2D eigenvalue weighted by molar-refractivity contribution is 8.76. The van der Waals surface area contributed by atoms with Gasteiger partial charge in [0.05, 0.1) is 19.3 Å². The third-order valence-electron chi connectivity index (χ3n) is 14.6. The Balaban J connectivity index is 0.00000495. The van der Waals surface area contributed by atoms with Gasteiger partial charge in [-0.25, -0.2) is 11.2 Å². The number of hydrogen-bond acceptors (Lipinski definition) is 11. The summed E-state index contributed by atoms with van der Waals surface area (Å²) in [5.41, 5.74) is -3.92. The number of hydrogen-bond donors (Lipinski definition) is 1. The number of aliphatic hydroxyl groups excluding tert-OH is 1. The van der Waals surface area contributed by atoms with Crippen molar-refractivity contribution in [2.45, 2.75) is 167 Å². The van der Waals surface area contributed by atoms with Crippen molar-refractivity contribution in [1.29, 1.82) is 1.43 Å². The van der Waals surface area contributed by atoms with E-state index in [0.29, 0.717) is 57.4 Å². The number of nitrogens with zero attached hydrogens (tertiary/aromatic N) is 4. The van der Waals surface area contributed by atoms with Crippen LogP contribution in [-0.4, -0.2) is 162 Å². The number of fused-ring (bicyclic) bond motifs is 5. The molecule has 10 nitrogen and oxygen atoms in total. The first-order valence-electron chi connectivity index (χ1n) is 27.2. The molecule has 2 unspecified atom stereocenters. The number of likely N-dealkylation sites (N-methyl/N-ethyl adjacent to an activating group) is 1. The molecule has 0 heterocycles. The minimum Gasteiger partial charge on any atom is -0.492 e. The molecule has 1 N–H and O–H groups in total. The van der Waals surface area contributed by atoms with E-state index >= 15 is 0 Å². The molecule has 22 heteroatoms. The Morgan fingerprint density at radius 2 is 1.46 bits per heavy atom. The average molecular weight is 1130 g/mol. The number of halogens is 9. The van der Waals surface area contributed by atoms with Crippen LogP contribution in [0.15, 0.2) is 18.2 Å². The molecule has 0 spiro atoms. The zero-order valence-corrected chi connectivity index (χ0v) is 47.4. The van der Waals surface area contributed by atoms with E-state index in [9.17, 15) is 39.5 Å². The molecule has 3 aliphatic carbocycles. The predicted octanol–water partition coefficient (Wildman–Crippen LogP) is 13.9. The van der Waals surface area contributed by atoms with Crippen LogP contribution in [0.1, 0.15) is 131 Å². The van der Waals surface area contributed by atoms with Crippen LogP contribution in [0.25, 0.3) is 4.85 Å². The molecule has 0 radical (unpaired) electrons. The van der Waals surface area contributed by atoms with E-state index in [0.717, 1.165) is 108 Å². The number of benzene rings is 1. The molecule has 0 aliphatic heterocycles. The van der Waals surface area contributed by atoms with Crippen molar-refractivity contribution in [2.24, 2.45) is 23.2 Å². The molecule has 1 aromatic rings. The monoisotopic (exact) mass is 1130 g/mol. The molecule has 430 valence electrons. The number of rotatable bonds is 33. The van der Waals surface area contributed by atoms with Crippen LogP contribution in [0.5, 0.6) is 5.75 Å². The Bertz CT molecular complexity index is 1790. The summed E-state index contributed by atoms with van der Waals surface area (Å²) >= 11 is 0. The van der Waals surface area contributed by atoms with Crippen molar-refractivity contribution in [2.75, 3.05) is 98.5 Å². The normalized spacial score (nSPS) is 22.5. The third-order valence-corrected chi connectivity index (χ3v) is 19.2. The third kappa shape index (κ3) is 19.2. The Hall–Kier alpha value is -1.31. The summed E-state index contributed by atoms with van der Waals surface area (Å²) in [6.45, 7) is 22.0. The van der Waals surface area contributed by atoms with Crippen molar-refractivity contribution in [3.8, 4) is 5.75 Å². The van der Waals surface area contributed by atoms with Crippen LogP contribution in [0, 0.1) is 29.7 Å². The van der Waals surface area contributed by atoms with Crippen LogP contribution in [-0.2, 0) is 24.9 Å². The molecule has 2 saturated carbocycles. The maximum absolute atomic E-state index is 13.3. The number of ether oxygens (including phenoxy) is 3. The SMILES string of the molecule is [2H]CC(CCCCN(C)CCCSSCCCN(C)CCOc1ccc2c(c1)CC[C@@H]1[C@@H]2CC[C@]2(C)[C@@H](OCCCOC(C(F)(F)F)(C(F)(F)F)C(F)(F)F)CC[C@@H]12)COP(OCC[N+]#[C-])N(C(C)C)C(C)C.[3H]OC. The van der Waals surface area contributed by atoms with Crippen molar-refractivity contribution >= 4 is 30.1 Å². The van der Waals surface area contributed by atoms with E-state index in [1.165, 1.54) is 18.2 Å². The van der Waals surface area contributed by atoms with Crippen LogP contribution >= 0.6 is 30.1 Å². The van der Waals surface area contributed by atoms with E-state index in [1.807, 2.05) is 27.7 Å². The fourth-order valence-corrected chi connectivity index (χ4v) is 14.8. The van der Waals surface area contributed by atoms with E-state index in [4.69, 9.17) is 27.9 Å². The smallest absolute Gasteiger partial charge is 0.435 e. The highest BCUT2D eigenvalue weighted by Gasteiger charge is 2.85. The second-order valence-corrected chi connectivity index (χ2v) is 24.8. The first kappa shape index (κ1) is 63.5. The summed E-state index contributed by atoms with van der Waals surface area (Å²) in [5, 5.41) is 3.50. The molecular weight excluding hydrogens is 1040 g/mol. The van der Waals surface area contributed by atoms with Crippen LogP contribution in [0.2, 0.25) is 0 Å². The van der Waals surface area contributed by atoms with E-state index < -0.39 is 45.7 Å². The van der Waals surface area contributed by atoms with Gasteiger partial charge in [-0.3, -0.25) is 0 Å². The molecule has 0 saturated heterocycles. The van der Waals surface area contributed by atoms with E-state index in [-0.39, 0.29) is 36.1 Å². The van der Waals surface area contributed by atoms with Gasteiger partial charge >= 0.3 is 24.1 Å². The summed E-state index contributed by atoms with van der Waals surface area (Å²) in [4.78, 5) is 8.11. The van der Waals surface area contributed by atoms with Crippen LogP contribution in [0.3, 0.4) is 0 Å². The van der Waals surface area contributed by atoms with E-state index in [2.05, 4.69) is 90.0 Å². The molecule has 7 atom stereocenters. The van der Waals surface area contributed by atoms with Crippen molar-refractivity contribution in [1.82, 2.24) is 14.5 Å². The maximum Gasteiger partial charge on any atom is 0.435 e. The van der Waals surface area contributed by atoms with Gasteiger partial charge in [0.2, 0.25) is 7.98 Å². The largest absolute Gasteiger partial charge is 0.492 e. The highest BCUT2D eigenvalue weighted by atomic mass is 33.1. The molecule has 0 amide bonds. The minimum absolute atomic E-state index is 0.164. The van der Waals surface area contributed by atoms with Crippen molar-refractivity contribution < 1.29 is 69.3 Å². The first-order chi connectivity index (χ1) is 35.8. The molecule has 2 fully saturated rings. The number of aliphatic hydroxyl groups is 1. The lowest BCUT2D eigenvalue weighted by molar-refractivity contribution is -0.457. The number of aryl methyl sites for hydroxylation is 1. The first-order valence-corrected chi connectivity index (χ1v) is 29.7. The molecule has 1 aromatic carbocycles. The summed E-state index contributed by atoms with van der Waals surface area (Å²) < 4.78 is 163. The second-order valence-electron chi connectivity index (χ2n) is 20.6. The fraction of sp³-hybridized carbons (Fsp3) is 0.865. The Labute approximate surface area is 448 Å². The van der Waals surface area contributed by atoms with Crippen LogP contribution in [0.4, 0.5) is 39.5 Å². The van der Waals surface area contributed by atoms with Gasteiger partial charge in [-0.2, -0.15) is 39.5 Å². The molecule has 74 heavy (non-hydrogen) atoms. The van der Waals surface area contributed by atoms with Gasteiger partial charge in [0, 0.05) is 45.2 Å². The predicted molar refractivity (Wildman–Crippen MR) is 280 cm³/mol. The lowest BCUT2D eigenvalue weighted by Crippen LogP contribution is -2.67. The average Bonchev–Trinajstić information content (AvgIpc) is 3.67. The van der Waals surface area contributed by atoms with Crippen molar-refractivity contribution in [3.63, 3.8) is 0 Å². The van der Waals surface area contributed by atoms with Gasteiger partial charge < -0.3 is 43.0 Å². The van der Waals surface area contributed by atoms with Gasteiger partial charge in [0.15, 0.2) is 0 Å². The summed E-state index contributed by atoms with van der Waals surface area (Å²) in [5.74, 6) is 4.25. The molecular formula is C52H86F9N4O6PS2. The summed E-state index contributed by atoms with van der Waals surface area (Å²) in [6.07, 6.45) is -10.7. The zero-order valence-electron chi connectivity index (χ0n) is 46.9. The summed E-state index contributed by atoms with van der Waals surface area (Å²) in [6, 6.07) is 6.90. The Morgan fingerprint density at radius 1 is 0.838 bits per heavy atom. The van der Waals surface area contributed by atoms with Gasteiger partial charge in [-0.05, 0) is 184 Å².